The van der Waals surface area contributed by atoms with Gasteiger partial charge in [0.2, 0.25) is 0 Å². The number of aromatic nitrogens is 2. The molecule has 1 aliphatic heterocycles. The van der Waals surface area contributed by atoms with Crippen LogP contribution < -0.4 is 16.7 Å². The molecule has 0 amide bonds. The van der Waals surface area contributed by atoms with Gasteiger partial charge in [-0.15, -0.1) is 0 Å². The molecule has 0 saturated carbocycles. The molecule has 5 nitrogen and oxygen atoms in total. The van der Waals surface area contributed by atoms with Crippen molar-refractivity contribution in [1.29, 1.82) is 0 Å². The van der Waals surface area contributed by atoms with E-state index in [1.165, 1.54) is 12.8 Å². The van der Waals surface area contributed by atoms with E-state index in [0.717, 1.165) is 25.1 Å². The Balaban J connectivity index is 2.06. The highest BCUT2D eigenvalue weighted by Crippen LogP contribution is 2.11. The number of nitrogens with zero attached hydrogens (tertiary/aromatic N) is 1. The first kappa shape index (κ1) is 10.2. The van der Waals surface area contributed by atoms with Gasteiger partial charge in [-0.2, -0.15) is 4.98 Å². The molecular formula is C10H16N4O. The second kappa shape index (κ2) is 4.44. The maximum absolute atomic E-state index is 11.1. The molecule has 1 saturated heterocycles. The molecule has 1 unspecified atom stereocenters. The lowest BCUT2D eigenvalue weighted by Crippen LogP contribution is -2.36. The van der Waals surface area contributed by atoms with Crippen molar-refractivity contribution >= 4 is 5.82 Å². The topological polar surface area (TPSA) is 83.8 Å². The van der Waals surface area contributed by atoms with Crippen LogP contribution in [0.5, 0.6) is 0 Å². The van der Waals surface area contributed by atoms with Crippen molar-refractivity contribution in [3.63, 3.8) is 0 Å². The minimum absolute atomic E-state index is 0.296. The molecule has 2 heterocycles. The van der Waals surface area contributed by atoms with Crippen molar-refractivity contribution in [1.82, 2.24) is 15.3 Å². The fourth-order valence-electron chi connectivity index (χ4n) is 2.00. The number of nitrogens with two attached hydrogens (primary N) is 1. The van der Waals surface area contributed by atoms with Gasteiger partial charge in [-0.05, 0) is 25.5 Å². The van der Waals surface area contributed by atoms with Crippen LogP contribution in [0.2, 0.25) is 0 Å². The predicted molar refractivity (Wildman–Crippen MR) is 58.6 cm³/mol. The maximum Gasteiger partial charge on any atom is 0.347 e. The first-order valence-electron chi connectivity index (χ1n) is 5.33. The van der Waals surface area contributed by atoms with Crippen LogP contribution in [-0.2, 0) is 6.42 Å². The van der Waals surface area contributed by atoms with Gasteiger partial charge in [0.1, 0.15) is 5.82 Å². The maximum atomic E-state index is 11.1. The minimum atomic E-state index is -0.360. The smallest absolute Gasteiger partial charge is 0.347 e. The highest BCUT2D eigenvalue weighted by atomic mass is 16.1. The van der Waals surface area contributed by atoms with Crippen molar-refractivity contribution in [3.05, 3.63) is 22.2 Å². The highest BCUT2D eigenvalue weighted by Gasteiger charge is 2.13. The van der Waals surface area contributed by atoms with Crippen molar-refractivity contribution in [3.8, 4) is 0 Å². The summed E-state index contributed by atoms with van der Waals surface area (Å²) in [4.78, 5) is 17.4. The molecule has 0 aromatic carbocycles. The van der Waals surface area contributed by atoms with Gasteiger partial charge >= 0.3 is 5.69 Å². The summed E-state index contributed by atoms with van der Waals surface area (Å²) in [6.45, 7) is 1.06. The molecule has 4 N–H and O–H groups in total. The summed E-state index contributed by atoms with van der Waals surface area (Å²) in [6, 6.07) is 2.19. The van der Waals surface area contributed by atoms with Crippen LogP contribution in [0.1, 0.15) is 25.0 Å². The van der Waals surface area contributed by atoms with Gasteiger partial charge in [0.05, 0.1) is 0 Å². The molecule has 2 rings (SSSR count). The van der Waals surface area contributed by atoms with Crippen LogP contribution in [0.4, 0.5) is 5.82 Å². The Kier molecular flexibility index (Phi) is 3.01. The number of rotatable bonds is 2. The van der Waals surface area contributed by atoms with Crippen LogP contribution in [0.25, 0.3) is 0 Å². The normalized spacial score (nSPS) is 21.5. The molecule has 5 heteroatoms. The molecule has 0 spiro atoms. The van der Waals surface area contributed by atoms with Gasteiger partial charge in [-0.25, -0.2) is 4.79 Å². The van der Waals surface area contributed by atoms with Crippen molar-refractivity contribution in [2.75, 3.05) is 12.3 Å². The van der Waals surface area contributed by atoms with Crippen molar-refractivity contribution in [2.45, 2.75) is 31.7 Å². The van der Waals surface area contributed by atoms with Gasteiger partial charge in [0, 0.05) is 18.2 Å². The van der Waals surface area contributed by atoms with E-state index in [9.17, 15) is 4.79 Å². The number of piperidine rings is 1. The third kappa shape index (κ3) is 2.79. The number of nitrogens with one attached hydrogen (secondary N) is 2. The molecule has 1 aromatic rings. The summed E-state index contributed by atoms with van der Waals surface area (Å²) in [7, 11) is 0. The fourth-order valence-corrected chi connectivity index (χ4v) is 2.00. The van der Waals surface area contributed by atoms with E-state index in [4.69, 9.17) is 5.73 Å². The highest BCUT2D eigenvalue weighted by molar-refractivity contribution is 5.28. The van der Waals surface area contributed by atoms with Crippen LogP contribution in [0, 0.1) is 0 Å². The SMILES string of the molecule is Nc1cc(CC2CCCCN2)[nH]c(=O)n1. The summed E-state index contributed by atoms with van der Waals surface area (Å²) in [5, 5.41) is 3.42. The molecule has 15 heavy (non-hydrogen) atoms. The minimum Gasteiger partial charge on any atom is -0.383 e. The predicted octanol–water partition coefficient (Wildman–Crippen LogP) is 0.0367. The van der Waals surface area contributed by atoms with E-state index in [0.29, 0.717) is 11.9 Å². The third-order valence-electron chi connectivity index (χ3n) is 2.70. The molecule has 0 bridgehead atoms. The van der Waals surface area contributed by atoms with Crippen molar-refractivity contribution < 1.29 is 0 Å². The summed E-state index contributed by atoms with van der Waals surface area (Å²) < 4.78 is 0. The number of aromatic amines is 1. The van der Waals surface area contributed by atoms with E-state index in [2.05, 4.69) is 15.3 Å². The van der Waals surface area contributed by atoms with Gasteiger partial charge < -0.3 is 16.0 Å². The van der Waals surface area contributed by atoms with Crippen molar-refractivity contribution in [2.24, 2.45) is 0 Å². The average molecular weight is 208 g/mol. The zero-order chi connectivity index (χ0) is 10.7. The quantitative estimate of drug-likeness (QED) is 0.640. The molecule has 1 fully saturated rings. The number of anilines is 1. The summed E-state index contributed by atoms with van der Waals surface area (Å²) >= 11 is 0. The number of nitrogen functional groups attached to an aromatic ring is 1. The Labute approximate surface area is 88.1 Å². The number of hydrogen-bond donors (Lipinski definition) is 3. The monoisotopic (exact) mass is 208 g/mol. The first-order valence-corrected chi connectivity index (χ1v) is 5.33. The first-order chi connectivity index (χ1) is 7.24. The van der Waals surface area contributed by atoms with E-state index in [1.807, 2.05) is 0 Å². The Bertz CT molecular complexity index is 381. The van der Waals surface area contributed by atoms with E-state index in [-0.39, 0.29) is 5.69 Å². The molecule has 1 atom stereocenters. The average Bonchev–Trinajstić information content (AvgIpc) is 2.17. The van der Waals surface area contributed by atoms with Crippen LogP contribution in [0.3, 0.4) is 0 Å². The van der Waals surface area contributed by atoms with Crippen LogP contribution >= 0.6 is 0 Å². The molecule has 1 aromatic heterocycles. The Morgan fingerprint density at radius 1 is 1.53 bits per heavy atom. The molecule has 82 valence electrons. The Morgan fingerprint density at radius 3 is 3.07 bits per heavy atom. The van der Waals surface area contributed by atoms with E-state index >= 15 is 0 Å². The molecular weight excluding hydrogens is 192 g/mol. The fraction of sp³-hybridized carbons (Fsp3) is 0.600. The lowest BCUT2D eigenvalue weighted by atomic mass is 10.0. The second-order valence-corrected chi connectivity index (χ2v) is 3.99. The van der Waals surface area contributed by atoms with Crippen LogP contribution in [0.15, 0.2) is 10.9 Å². The number of H-pyrrole nitrogens is 1. The summed E-state index contributed by atoms with van der Waals surface area (Å²) in [5.74, 6) is 0.296. The standard InChI is InChI=1S/C10H16N4O/c11-9-6-8(13-10(15)14-9)5-7-3-1-2-4-12-7/h6-7,12H,1-5H2,(H3,11,13,14,15). The van der Waals surface area contributed by atoms with Gasteiger partial charge in [0.25, 0.3) is 0 Å². The summed E-state index contributed by atoms with van der Waals surface area (Å²) in [5.41, 5.74) is 6.02. The Hall–Kier alpha value is -1.36. The Morgan fingerprint density at radius 2 is 2.40 bits per heavy atom. The second-order valence-electron chi connectivity index (χ2n) is 3.99. The number of hydrogen-bond acceptors (Lipinski definition) is 4. The van der Waals surface area contributed by atoms with Gasteiger partial charge in [0.15, 0.2) is 0 Å². The largest absolute Gasteiger partial charge is 0.383 e. The zero-order valence-electron chi connectivity index (χ0n) is 8.62. The van der Waals surface area contributed by atoms with E-state index in [1.54, 1.807) is 6.07 Å². The summed E-state index contributed by atoms with van der Waals surface area (Å²) in [6.07, 6.45) is 4.47. The van der Waals surface area contributed by atoms with Crippen LogP contribution in [-0.4, -0.2) is 22.6 Å². The lowest BCUT2D eigenvalue weighted by molar-refractivity contribution is 0.397. The third-order valence-corrected chi connectivity index (χ3v) is 2.70. The zero-order valence-corrected chi connectivity index (χ0v) is 8.62. The molecule has 0 radical (unpaired) electrons. The van der Waals surface area contributed by atoms with Gasteiger partial charge in [-0.3, -0.25) is 0 Å². The molecule has 0 aliphatic carbocycles. The van der Waals surface area contributed by atoms with Gasteiger partial charge in [-0.1, -0.05) is 6.42 Å². The molecule has 1 aliphatic rings. The lowest BCUT2D eigenvalue weighted by Gasteiger charge is -2.23. The van der Waals surface area contributed by atoms with E-state index < -0.39 is 0 Å².